The summed E-state index contributed by atoms with van der Waals surface area (Å²) in [7, 11) is 0. The van der Waals surface area contributed by atoms with E-state index in [-0.39, 0.29) is 0 Å². The number of terminal acetylenes is 1. The van der Waals surface area contributed by atoms with E-state index in [0.29, 0.717) is 5.92 Å². The van der Waals surface area contributed by atoms with Crippen molar-refractivity contribution in [2.24, 2.45) is 5.92 Å². The van der Waals surface area contributed by atoms with E-state index in [0.717, 1.165) is 13.1 Å². The van der Waals surface area contributed by atoms with E-state index < -0.39 is 12.1 Å². The summed E-state index contributed by atoms with van der Waals surface area (Å²) in [6.07, 6.45) is -0.0395. The first kappa shape index (κ1) is 11.8. The van der Waals surface area contributed by atoms with Crippen LogP contribution in [-0.2, 0) is 4.79 Å². The molecule has 0 aromatic rings. The number of hydrogen-bond donors (Lipinski definition) is 2. The standard InChI is InChI=1S/C5H7N.C2HF3O2/c1-2-5-3-6-4-5;3-2(4,5)1(6)7/h1,5-6H,3-4H2;(H,6,7). The summed E-state index contributed by atoms with van der Waals surface area (Å²) in [5.74, 6) is 0.414. The van der Waals surface area contributed by atoms with Gasteiger partial charge in [-0.05, 0) is 0 Å². The van der Waals surface area contributed by atoms with Crippen molar-refractivity contribution in [3.8, 4) is 12.3 Å². The SMILES string of the molecule is C#CC1CNC1.O=C(O)C(F)(F)F. The largest absolute Gasteiger partial charge is 0.490 e. The molecule has 0 amide bonds. The molecule has 0 aromatic heterocycles. The predicted octanol–water partition coefficient (Wildman–Crippen LogP) is 0.472. The van der Waals surface area contributed by atoms with Crippen LogP contribution in [0, 0.1) is 18.3 Å². The van der Waals surface area contributed by atoms with Gasteiger partial charge in [0.15, 0.2) is 0 Å². The summed E-state index contributed by atoms with van der Waals surface area (Å²) in [6, 6.07) is 0. The molecule has 74 valence electrons. The lowest BCUT2D eigenvalue weighted by Crippen LogP contribution is -2.40. The van der Waals surface area contributed by atoms with Gasteiger partial charge in [-0.3, -0.25) is 0 Å². The van der Waals surface area contributed by atoms with Gasteiger partial charge >= 0.3 is 12.1 Å². The quantitative estimate of drug-likeness (QED) is 0.552. The second-order valence-electron chi connectivity index (χ2n) is 2.32. The zero-order chi connectivity index (χ0) is 10.5. The monoisotopic (exact) mass is 195 g/mol. The molecule has 0 aromatic carbocycles. The summed E-state index contributed by atoms with van der Waals surface area (Å²) in [5.41, 5.74) is 0. The maximum atomic E-state index is 10.6. The molecule has 0 spiro atoms. The van der Waals surface area contributed by atoms with E-state index >= 15 is 0 Å². The Morgan fingerprint density at radius 1 is 1.54 bits per heavy atom. The van der Waals surface area contributed by atoms with E-state index in [1.165, 1.54) is 0 Å². The van der Waals surface area contributed by atoms with E-state index in [1.54, 1.807) is 0 Å². The third kappa shape index (κ3) is 5.09. The minimum absolute atomic E-state index is 0.532. The van der Waals surface area contributed by atoms with Gasteiger partial charge < -0.3 is 10.4 Å². The number of aliphatic carboxylic acids is 1. The van der Waals surface area contributed by atoms with Crippen molar-refractivity contribution in [3.05, 3.63) is 0 Å². The molecule has 2 N–H and O–H groups in total. The Balaban J connectivity index is 0.000000223. The number of carboxylic acids is 1. The van der Waals surface area contributed by atoms with E-state index in [2.05, 4.69) is 11.2 Å². The van der Waals surface area contributed by atoms with Crippen LogP contribution in [0.5, 0.6) is 0 Å². The fraction of sp³-hybridized carbons (Fsp3) is 0.571. The Morgan fingerprint density at radius 3 is 1.92 bits per heavy atom. The molecular formula is C7H8F3NO2. The zero-order valence-electron chi connectivity index (χ0n) is 6.56. The zero-order valence-corrected chi connectivity index (χ0v) is 6.56. The summed E-state index contributed by atoms with van der Waals surface area (Å²) < 4.78 is 31.7. The molecule has 0 unspecified atom stereocenters. The molecule has 0 atom stereocenters. The highest BCUT2D eigenvalue weighted by Crippen LogP contribution is 2.13. The minimum Gasteiger partial charge on any atom is -0.475 e. The maximum Gasteiger partial charge on any atom is 0.490 e. The van der Waals surface area contributed by atoms with Crippen molar-refractivity contribution in [2.75, 3.05) is 13.1 Å². The summed E-state index contributed by atoms with van der Waals surface area (Å²) in [5, 5.41) is 10.2. The molecule has 1 rings (SSSR count). The second-order valence-corrected chi connectivity index (χ2v) is 2.32. The van der Waals surface area contributed by atoms with Crippen LogP contribution in [0.4, 0.5) is 13.2 Å². The molecule has 13 heavy (non-hydrogen) atoms. The average molecular weight is 195 g/mol. The summed E-state index contributed by atoms with van der Waals surface area (Å²) >= 11 is 0. The van der Waals surface area contributed by atoms with Gasteiger partial charge in [0, 0.05) is 19.0 Å². The molecule has 6 heteroatoms. The van der Waals surface area contributed by atoms with Crippen molar-refractivity contribution < 1.29 is 23.1 Å². The molecule has 0 saturated carbocycles. The maximum absolute atomic E-state index is 10.6. The molecular weight excluding hydrogens is 187 g/mol. The van der Waals surface area contributed by atoms with Crippen LogP contribution in [0.3, 0.4) is 0 Å². The van der Waals surface area contributed by atoms with Crippen LogP contribution in [-0.4, -0.2) is 30.3 Å². The summed E-state index contributed by atoms with van der Waals surface area (Å²) in [4.78, 5) is 8.90. The Bertz CT molecular complexity index is 215. The third-order valence-corrected chi connectivity index (χ3v) is 1.26. The van der Waals surface area contributed by atoms with E-state index in [1.807, 2.05) is 0 Å². The van der Waals surface area contributed by atoms with Crippen molar-refractivity contribution in [1.29, 1.82) is 0 Å². The number of halogens is 3. The first-order chi connectivity index (χ1) is 5.88. The van der Waals surface area contributed by atoms with Crippen LogP contribution < -0.4 is 5.32 Å². The van der Waals surface area contributed by atoms with Gasteiger partial charge in [-0.1, -0.05) is 0 Å². The Morgan fingerprint density at radius 2 is 1.92 bits per heavy atom. The molecule has 1 aliphatic heterocycles. The number of carboxylic acid groups (broad SMARTS) is 1. The van der Waals surface area contributed by atoms with Gasteiger partial charge in [0.1, 0.15) is 0 Å². The fourth-order valence-electron chi connectivity index (χ4n) is 0.407. The highest BCUT2D eigenvalue weighted by Gasteiger charge is 2.38. The third-order valence-electron chi connectivity index (χ3n) is 1.26. The van der Waals surface area contributed by atoms with Gasteiger partial charge in [-0.15, -0.1) is 12.3 Å². The molecule has 0 bridgehead atoms. The number of alkyl halides is 3. The first-order valence-corrected chi connectivity index (χ1v) is 3.35. The Labute approximate surface area is 72.9 Å². The molecule has 1 heterocycles. The van der Waals surface area contributed by atoms with E-state index in [9.17, 15) is 13.2 Å². The minimum atomic E-state index is -5.08. The van der Waals surface area contributed by atoms with Crippen LogP contribution in [0.25, 0.3) is 0 Å². The topological polar surface area (TPSA) is 49.3 Å². The number of carbonyl (C=O) groups is 1. The van der Waals surface area contributed by atoms with Crippen molar-refractivity contribution in [1.82, 2.24) is 5.32 Å². The Hall–Kier alpha value is -1.22. The molecule has 3 nitrogen and oxygen atoms in total. The van der Waals surface area contributed by atoms with Crippen LogP contribution in [0.2, 0.25) is 0 Å². The Kier molecular flexibility index (Phi) is 4.28. The number of hydrogen-bond acceptors (Lipinski definition) is 2. The van der Waals surface area contributed by atoms with Gasteiger partial charge in [0.05, 0.1) is 0 Å². The highest BCUT2D eigenvalue weighted by atomic mass is 19.4. The predicted molar refractivity (Wildman–Crippen MR) is 38.9 cm³/mol. The van der Waals surface area contributed by atoms with Crippen molar-refractivity contribution >= 4 is 5.97 Å². The fourth-order valence-corrected chi connectivity index (χ4v) is 0.407. The molecule has 0 aliphatic carbocycles. The smallest absolute Gasteiger partial charge is 0.475 e. The van der Waals surface area contributed by atoms with Gasteiger partial charge in [-0.2, -0.15) is 13.2 Å². The number of rotatable bonds is 0. The normalized spacial score (nSPS) is 16.2. The van der Waals surface area contributed by atoms with Crippen molar-refractivity contribution in [3.63, 3.8) is 0 Å². The molecule has 0 radical (unpaired) electrons. The number of nitrogens with one attached hydrogen (secondary N) is 1. The summed E-state index contributed by atoms with van der Waals surface area (Å²) in [6.45, 7) is 2.05. The highest BCUT2D eigenvalue weighted by molar-refractivity contribution is 5.73. The van der Waals surface area contributed by atoms with Gasteiger partial charge in [0.2, 0.25) is 0 Å². The van der Waals surface area contributed by atoms with Gasteiger partial charge in [0.25, 0.3) is 0 Å². The molecule has 1 fully saturated rings. The second kappa shape index (κ2) is 4.72. The lowest BCUT2D eigenvalue weighted by Gasteiger charge is -2.20. The molecule has 1 aliphatic rings. The first-order valence-electron chi connectivity index (χ1n) is 3.35. The van der Waals surface area contributed by atoms with E-state index in [4.69, 9.17) is 16.3 Å². The van der Waals surface area contributed by atoms with Crippen LogP contribution >= 0.6 is 0 Å². The van der Waals surface area contributed by atoms with Crippen LogP contribution in [0.15, 0.2) is 0 Å². The van der Waals surface area contributed by atoms with Gasteiger partial charge in [-0.25, -0.2) is 4.79 Å². The lowest BCUT2D eigenvalue weighted by atomic mass is 10.1. The van der Waals surface area contributed by atoms with Crippen LogP contribution in [0.1, 0.15) is 0 Å². The molecule has 1 saturated heterocycles. The lowest BCUT2D eigenvalue weighted by molar-refractivity contribution is -0.192. The van der Waals surface area contributed by atoms with Crippen molar-refractivity contribution in [2.45, 2.75) is 6.18 Å². The average Bonchev–Trinajstić information content (AvgIpc) is 1.83.